The van der Waals surface area contributed by atoms with Gasteiger partial charge in [0.25, 0.3) is 5.91 Å². The summed E-state index contributed by atoms with van der Waals surface area (Å²) in [7, 11) is 0. The summed E-state index contributed by atoms with van der Waals surface area (Å²) >= 11 is 1.46. The number of aromatic nitrogens is 2. The number of rotatable bonds is 8. The second kappa shape index (κ2) is 10.8. The molecule has 0 saturated heterocycles. The van der Waals surface area contributed by atoms with E-state index in [1.807, 2.05) is 74.5 Å². The van der Waals surface area contributed by atoms with Crippen molar-refractivity contribution < 1.29 is 14.0 Å². The van der Waals surface area contributed by atoms with Crippen molar-refractivity contribution >= 4 is 29.3 Å². The molecule has 4 rings (SSSR count). The second-order valence-corrected chi connectivity index (χ2v) is 8.78. The third kappa shape index (κ3) is 6.32. The molecule has 8 heteroatoms. The molecule has 0 aliphatic heterocycles. The number of carbonyl (C=O) groups is 2. The molecule has 7 nitrogen and oxygen atoms in total. The Hall–Kier alpha value is -3.91. The van der Waals surface area contributed by atoms with Crippen LogP contribution in [0.4, 0.5) is 5.69 Å². The number of benzene rings is 2. The summed E-state index contributed by atoms with van der Waals surface area (Å²) in [6.45, 7) is 3.88. The zero-order valence-corrected chi connectivity index (χ0v) is 19.6. The summed E-state index contributed by atoms with van der Waals surface area (Å²) in [5, 5.41) is 6.35. The predicted molar refractivity (Wildman–Crippen MR) is 131 cm³/mol. The van der Waals surface area contributed by atoms with E-state index in [1.54, 1.807) is 12.1 Å². The first-order valence-electron chi connectivity index (χ1n) is 10.8. The number of hydrogen-bond acceptors (Lipinski definition) is 6. The number of anilines is 1. The lowest BCUT2D eigenvalue weighted by atomic mass is 10.0. The van der Waals surface area contributed by atoms with Gasteiger partial charge in [0.05, 0.1) is 6.26 Å². The van der Waals surface area contributed by atoms with E-state index in [1.165, 1.54) is 18.0 Å². The summed E-state index contributed by atoms with van der Waals surface area (Å²) < 4.78 is 5.16. The normalized spacial score (nSPS) is 11.6. The molecule has 0 saturated carbocycles. The van der Waals surface area contributed by atoms with Gasteiger partial charge in [-0.15, -0.1) is 0 Å². The number of aryl methyl sites for hydroxylation is 2. The third-order valence-corrected chi connectivity index (χ3v) is 5.82. The van der Waals surface area contributed by atoms with E-state index in [2.05, 4.69) is 20.6 Å². The molecular formula is C26H24N4O3S. The molecule has 4 aromatic rings. The fourth-order valence-corrected chi connectivity index (χ4v) is 4.24. The van der Waals surface area contributed by atoms with Crippen LogP contribution in [-0.4, -0.2) is 27.8 Å². The molecule has 0 aliphatic rings. The SMILES string of the molecule is Cc1cc(C)nc(Sc2ccc(NC(=O)C(Cc3ccccc3)NC(=O)c3ccco3)cc2)n1. The van der Waals surface area contributed by atoms with Crippen molar-refractivity contribution in [1.82, 2.24) is 15.3 Å². The van der Waals surface area contributed by atoms with Crippen LogP contribution in [-0.2, 0) is 11.2 Å². The van der Waals surface area contributed by atoms with Crippen molar-refractivity contribution in [3.63, 3.8) is 0 Å². The fourth-order valence-electron chi connectivity index (χ4n) is 3.38. The van der Waals surface area contributed by atoms with Crippen LogP contribution in [0.3, 0.4) is 0 Å². The highest BCUT2D eigenvalue weighted by atomic mass is 32.2. The van der Waals surface area contributed by atoms with Crippen LogP contribution < -0.4 is 10.6 Å². The van der Waals surface area contributed by atoms with Crippen LogP contribution in [0.25, 0.3) is 0 Å². The van der Waals surface area contributed by atoms with E-state index < -0.39 is 11.9 Å². The standard InChI is InChI=1S/C26H24N4O3S/c1-17-15-18(2)28-26(27-17)34-21-12-10-20(11-13-21)29-24(31)22(16-19-7-4-3-5-8-19)30-25(32)23-9-6-14-33-23/h3-15,22H,16H2,1-2H3,(H,29,31)(H,30,32). The van der Waals surface area contributed by atoms with E-state index in [0.29, 0.717) is 17.3 Å². The van der Waals surface area contributed by atoms with Crippen LogP contribution >= 0.6 is 11.8 Å². The van der Waals surface area contributed by atoms with Crippen molar-refractivity contribution in [1.29, 1.82) is 0 Å². The van der Waals surface area contributed by atoms with Crippen LogP contribution in [0.1, 0.15) is 27.5 Å². The molecule has 2 aromatic carbocycles. The zero-order chi connectivity index (χ0) is 23.9. The van der Waals surface area contributed by atoms with E-state index in [4.69, 9.17) is 4.42 Å². The highest BCUT2D eigenvalue weighted by molar-refractivity contribution is 7.99. The first-order valence-corrected chi connectivity index (χ1v) is 11.6. The van der Waals surface area contributed by atoms with Gasteiger partial charge in [-0.25, -0.2) is 9.97 Å². The molecule has 2 heterocycles. The molecule has 34 heavy (non-hydrogen) atoms. The maximum absolute atomic E-state index is 13.1. The number of nitrogens with zero attached hydrogens (tertiary/aromatic N) is 2. The summed E-state index contributed by atoms with van der Waals surface area (Å²) in [4.78, 5) is 35.5. The van der Waals surface area contributed by atoms with Gasteiger partial charge >= 0.3 is 0 Å². The van der Waals surface area contributed by atoms with Crippen LogP contribution in [0.5, 0.6) is 0 Å². The van der Waals surface area contributed by atoms with Gasteiger partial charge in [-0.3, -0.25) is 9.59 Å². The van der Waals surface area contributed by atoms with Crippen LogP contribution in [0, 0.1) is 13.8 Å². The zero-order valence-electron chi connectivity index (χ0n) is 18.8. The summed E-state index contributed by atoms with van der Waals surface area (Å²) in [5.74, 6) is -0.607. The van der Waals surface area contributed by atoms with Gasteiger partial charge in [0.15, 0.2) is 10.9 Å². The van der Waals surface area contributed by atoms with E-state index in [9.17, 15) is 9.59 Å². The minimum Gasteiger partial charge on any atom is -0.459 e. The van der Waals surface area contributed by atoms with E-state index >= 15 is 0 Å². The van der Waals surface area contributed by atoms with Gasteiger partial charge in [-0.2, -0.15) is 0 Å². The molecule has 0 radical (unpaired) electrons. The quantitative estimate of drug-likeness (QED) is 0.357. The van der Waals surface area contributed by atoms with Crippen LogP contribution in [0.15, 0.2) is 93.5 Å². The molecule has 1 unspecified atom stereocenters. The predicted octanol–water partition coefficient (Wildman–Crippen LogP) is 4.82. The largest absolute Gasteiger partial charge is 0.459 e. The smallest absolute Gasteiger partial charge is 0.287 e. The van der Waals surface area contributed by atoms with Crippen molar-refractivity contribution in [2.45, 2.75) is 36.4 Å². The second-order valence-electron chi connectivity index (χ2n) is 7.74. The van der Waals surface area contributed by atoms with Gasteiger partial charge < -0.3 is 15.1 Å². The average Bonchev–Trinajstić information content (AvgIpc) is 3.35. The Labute approximate surface area is 202 Å². The molecule has 0 bridgehead atoms. The lowest BCUT2D eigenvalue weighted by molar-refractivity contribution is -0.118. The van der Waals surface area contributed by atoms with Gasteiger partial charge in [0.1, 0.15) is 6.04 Å². The summed E-state index contributed by atoms with van der Waals surface area (Å²) in [5.41, 5.74) is 3.39. The van der Waals surface area contributed by atoms with Gasteiger partial charge in [0, 0.05) is 28.4 Å². The van der Waals surface area contributed by atoms with E-state index in [0.717, 1.165) is 21.8 Å². The average molecular weight is 473 g/mol. The molecule has 2 amide bonds. The Morgan fingerprint density at radius 1 is 0.941 bits per heavy atom. The third-order valence-electron chi connectivity index (χ3n) is 4.94. The Bertz CT molecular complexity index is 1240. The summed E-state index contributed by atoms with van der Waals surface area (Å²) in [6, 6.07) is 21.3. The Morgan fingerprint density at radius 3 is 2.29 bits per heavy atom. The molecule has 0 spiro atoms. The van der Waals surface area contributed by atoms with Crippen LogP contribution in [0.2, 0.25) is 0 Å². The molecule has 172 valence electrons. The number of furan rings is 1. The van der Waals surface area contributed by atoms with Crippen molar-refractivity contribution in [2.24, 2.45) is 0 Å². The van der Waals surface area contributed by atoms with Crippen molar-refractivity contribution in [3.05, 3.63) is 102 Å². The van der Waals surface area contributed by atoms with Gasteiger partial charge in [-0.1, -0.05) is 30.3 Å². The van der Waals surface area contributed by atoms with Gasteiger partial charge in [-0.05, 0) is 73.6 Å². The molecule has 0 aliphatic carbocycles. The lowest BCUT2D eigenvalue weighted by Gasteiger charge is -2.18. The fraction of sp³-hybridized carbons (Fsp3) is 0.154. The number of amides is 2. The number of nitrogens with one attached hydrogen (secondary N) is 2. The Balaban J connectivity index is 1.45. The van der Waals surface area contributed by atoms with E-state index in [-0.39, 0.29) is 11.7 Å². The molecule has 2 aromatic heterocycles. The first kappa shape index (κ1) is 23.3. The Kier molecular flexibility index (Phi) is 7.39. The highest BCUT2D eigenvalue weighted by Gasteiger charge is 2.23. The van der Waals surface area contributed by atoms with Crippen molar-refractivity contribution in [2.75, 3.05) is 5.32 Å². The topological polar surface area (TPSA) is 97.1 Å². The first-order chi connectivity index (χ1) is 16.5. The summed E-state index contributed by atoms with van der Waals surface area (Å²) in [6.07, 6.45) is 1.76. The lowest BCUT2D eigenvalue weighted by Crippen LogP contribution is -2.45. The molecule has 2 N–H and O–H groups in total. The monoisotopic (exact) mass is 472 g/mol. The minimum absolute atomic E-state index is 0.154. The highest BCUT2D eigenvalue weighted by Crippen LogP contribution is 2.26. The molecular weight excluding hydrogens is 448 g/mol. The maximum atomic E-state index is 13.1. The minimum atomic E-state index is -0.780. The van der Waals surface area contributed by atoms with Crippen molar-refractivity contribution in [3.8, 4) is 0 Å². The number of carbonyl (C=O) groups excluding carboxylic acids is 2. The maximum Gasteiger partial charge on any atom is 0.287 e. The number of hydrogen-bond donors (Lipinski definition) is 2. The molecule has 1 atom stereocenters. The van der Waals surface area contributed by atoms with Gasteiger partial charge in [0.2, 0.25) is 5.91 Å². The molecule has 0 fully saturated rings. The Morgan fingerprint density at radius 2 is 1.65 bits per heavy atom.